The van der Waals surface area contributed by atoms with Crippen LogP contribution in [0.2, 0.25) is 0 Å². The van der Waals surface area contributed by atoms with Gasteiger partial charge in [0, 0.05) is 37.1 Å². The Kier molecular flexibility index (Phi) is 17.5. The van der Waals surface area contributed by atoms with Gasteiger partial charge in [-0.25, -0.2) is 4.79 Å². The van der Waals surface area contributed by atoms with Crippen molar-refractivity contribution in [3.05, 3.63) is 29.8 Å². The van der Waals surface area contributed by atoms with Crippen LogP contribution < -0.4 is 5.73 Å². The van der Waals surface area contributed by atoms with Crippen LogP contribution in [0.5, 0.6) is 0 Å². The lowest BCUT2D eigenvalue weighted by atomic mass is 9.75. The maximum Gasteiger partial charge on any atom is 0.509 e. The normalized spacial score (nSPS) is 44.1. The molecule has 0 aromatic heterocycles. The van der Waals surface area contributed by atoms with Gasteiger partial charge in [-0.3, -0.25) is 9.59 Å². The number of anilines is 1. The Morgan fingerprint density at radius 3 is 2.24 bits per heavy atom. The number of ether oxygens (including phenoxy) is 9. The first-order valence-corrected chi connectivity index (χ1v) is 24.0. The molecular weight excluding hydrogens is 873 g/mol. The highest BCUT2D eigenvalue weighted by Gasteiger charge is 2.67. The molecule has 0 aliphatic carbocycles. The Hall–Kier alpha value is -3.17. The van der Waals surface area contributed by atoms with Crippen LogP contribution in [0.25, 0.3) is 0 Å². The van der Waals surface area contributed by atoms with Gasteiger partial charge in [-0.1, -0.05) is 46.8 Å². The number of likely N-dealkylation sites (N-methyl/N-ethyl adjacent to an activating group) is 1. The van der Waals surface area contributed by atoms with Gasteiger partial charge in [0.15, 0.2) is 30.1 Å². The summed E-state index contributed by atoms with van der Waals surface area (Å²) in [5.41, 5.74) is 3.52. The molecule has 1 aromatic rings. The summed E-state index contributed by atoms with van der Waals surface area (Å²) in [6.07, 6.45) is -7.37. The number of esters is 1. The monoisotopic (exact) mass is 953 g/mol. The first kappa shape index (κ1) is 54.8. The summed E-state index contributed by atoms with van der Waals surface area (Å²) in [6, 6.07) is 7.09. The number of nitrogens with zero attached hydrogens (tertiary/aromatic N) is 1. The Balaban J connectivity index is 0.000000513. The molecule has 6 N–H and O–H groups in total. The number of carboxylic acid groups (broad SMARTS) is 1. The van der Waals surface area contributed by atoms with Gasteiger partial charge in [-0.2, -0.15) is 0 Å². The van der Waals surface area contributed by atoms with Crippen molar-refractivity contribution in [2.45, 2.75) is 205 Å². The third-order valence-corrected chi connectivity index (χ3v) is 15.4. The van der Waals surface area contributed by atoms with Crippen molar-refractivity contribution >= 4 is 23.8 Å². The van der Waals surface area contributed by atoms with Gasteiger partial charge in [-0.15, -0.1) is 0 Å². The van der Waals surface area contributed by atoms with Crippen LogP contribution in [-0.2, 0) is 58.6 Å². The van der Waals surface area contributed by atoms with E-state index in [2.05, 4.69) is 0 Å². The van der Waals surface area contributed by atoms with E-state index in [-0.39, 0.29) is 37.3 Å². The minimum absolute atomic E-state index is 0.144. The number of aliphatic hydroxyl groups excluding tert-OH is 2. The molecule has 5 fully saturated rings. The van der Waals surface area contributed by atoms with Crippen LogP contribution in [0.15, 0.2) is 24.3 Å². The average molecular weight is 953 g/mol. The second kappa shape index (κ2) is 21.4. The predicted molar refractivity (Wildman–Crippen MR) is 244 cm³/mol. The van der Waals surface area contributed by atoms with Crippen LogP contribution in [0.1, 0.15) is 114 Å². The zero-order chi connectivity index (χ0) is 50.1. The van der Waals surface area contributed by atoms with Crippen molar-refractivity contribution < 1.29 is 77.4 Å². The van der Waals surface area contributed by atoms with Crippen molar-refractivity contribution in [2.75, 3.05) is 26.9 Å². The number of carbonyl (C=O) groups excluding carboxylic acids is 2. The number of benzene rings is 1. The van der Waals surface area contributed by atoms with E-state index in [0.717, 1.165) is 5.56 Å². The van der Waals surface area contributed by atoms with Crippen LogP contribution in [0, 0.1) is 29.6 Å². The highest BCUT2D eigenvalue weighted by Crippen LogP contribution is 2.53. The van der Waals surface area contributed by atoms with Gasteiger partial charge in [0.25, 0.3) is 0 Å². The fourth-order valence-electron chi connectivity index (χ4n) is 11.2. The molecule has 0 amide bonds. The quantitative estimate of drug-likeness (QED) is 0.144. The molecule has 18 nitrogen and oxygen atoms in total. The van der Waals surface area contributed by atoms with Gasteiger partial charge in [0.2, 0.25) is 0 Å². The molecule has 18 heteroatoms. The first-order chi connectivity index (χ1) is 31.2. The fourth-order valence-corrected chi connectivity index (χ4v) is 11.2. The van der Waals surface area contributed by atoms with Crippen molar-refractivity contribution in [3.8, 4) is 0 Å². The van der Waals surface area contributed by atoms with E-state index in [1.807, 2.05) is 78.7 Å². The van der Waals surface area contributed by atoms with E-state index < -0.39 is 120 Å². The summed E-state index contributed by atoms with van der Waals surface area (Å²) in [6.45, 7) is 19.7. The van der Waals surface area contributed by atoms with E-state index in [9.17, 15) is 29.7 Å². The largest absolute Gasteiger partial charge is 0.509 e. The zero-order valence-electron chi connectivity index (χ0n) is 42.0. The first-order valence-electron chi connectivity index (χ1n) is 24.0. The minimum Gasteiger partial charge on any atom is -0.481 e. The van der Waals surface area contributed by atoms with Gasteiger partial charge in [-0.05, 0) is 105 Å². The smallest absolute Gasteiger partial charge is 0.481 e. The number of carbonyl (C=O) groups is 3. The van der Waals surface area contributed by atoms with E-state index >= 15 is 0 Å². The number of carboxylic acids is 1. The predicted octanol–water partition coefficient (Wildman–Crippen LogP) is 5.05. The van der Waals surface area contributed by atoms with Crippen molar-refractivity contribution in [2.24, 2.45) is 29.6 Å². The standard InChI is InChI=1S/C38H65NO14.C11H15NO2/c1-14-25-37(10)31(51-34(43)52-37)22(6)38(44)18(2)16-36(9,53-38)30(50-33-27(40)24(39(11)12)15-19(3)46-33)20(4)28(21(5)32(42)48-25)49-26-17-35(8,45-13)29(41)23(7)47-26;1-2-9(11(13)14)6-8-4-3-5-10(12)7-8/h18-31,33,40-41,44H,14-17H2,1-13H3;3-5,7,9H,2,6,12H2,1H3,(H,13,14). The summed E-state index contributed by atoms with van der Waals surface area (Å²) in [5, 5.41) is 44.0. The van der Waals surface area contributed by atoms with E-state index in [1.165, 1.54) is 7.11 Å². The molecule has 1 aromatic carbocycles. The number of fused-ring (bicyclic) bond motifs is 3. The third-order valence-electron chi connectivity index (χ3n) is 15.4. The fraction of sp³-hybridized carbons (Fsp3) is 0.816. The SMILES string of the molecule is CCC(Cc1cccc(N)c1)C(=O)O.CCC1OC(=O)C(C)C(OC2CC(C)(OC)C(O)C(C)O2)C(C)C(OC2OC(C)CC(N(C)C)C2O)C2(C)CC(C)C(O)(O2)C(C)C2OC(=O)OC12C. The summed E-state index contributed by atoms with van der Waals surface area (Å²) in [5.74, 6) is -6.56. The van der Waals surface area contributed by atoms with Gasteiger partial charge < -0.3 is 73.7 Å². The second-order valence-electron chi connectivity index (χ2n) is 20.7. The molecule has 20 unspecified atom stereocenters. The second-order valence-corrected chi connectivity index (χ2v) is 20.7. The van der Waals surface area contributed by atoms with Crippen LogP contribution >= 0.6 is 0 Å². The number of aliphatic carboxylic acids is 1. The molecule has 5 aliphatic heterocycles. The molecule has 382 valence electrons. The van der Waals surface area contributed by atoms with Crippen molar-refractivity contribution in [3.63, 3.8) is 0 Å². The molecule has 2 bridgehead atoms. The maximum atomic E-state index is 14.4. The lowest BCUT2D eigenvalue weighted by Gasteiger charge is -2.49. The Labute approximate surface area is 396 Å². The number of nitrogens with two attached hydrogens (primary N) is 1. The topological polar surface area (TPSA) is 244 Å². The number of cyclic esters (lactones) is 1. The van der Waals surface area contributed by atoms with Gasteiger partial charge in [0.1, 0.15) is 18.3 Å². The molecule has 20 atom stereocenters. The molecule has 0 radical (unpaired) electrons. The minimum atomic E-state index is -1.86. The third kappa shape index (κ3) is 11.4. The van der Waals surface area contributed by atoms with Crippen LogP contribution in [-0.4, -0.2) is 155 Å². The van der Waals surface area contributed by atoms with E-state index in [0.29, 0.717) is 24.9 Å². The zero-order valence-corrected chi connectivity index (χ0v) is 42.0. The van der Waals surface area contributed by atoms with Crippen LogP contribution in [0.4, 0.5) is 10.5 Å². The van der Waals surface area contributed by atoms with Crippen molar-refractivity contribution in [1.82, 2.24) is 4.90 Å². The number of hydrogen-bond donors (Lipinski definition) is 5. The van der Waals surface area contributed by atoms with Crippen molar-refractivity contribution in [1.29, 1.82) is 0 Å². The molecule has 5 heterocycles. The number of aliphatic hydroxyl groups is 3. The molecule has 67 heavy (non-hydrogen) atoms. The number of rotatable bonds is 11. The number of hydrogen-bond acceptors (Lipinski definition) is 17. The Bertz CT molecular complexity index is 1860. The summed E-state index contributed by atoms with van der Waals surface area (Å²) in [4.78, 5) is 39.9. The molecule has 0 saturated carbocycles. The van der Waals surface area contributed by atoms with Crippen LogP contribution in [0.3, 0.4) is 0 Å². The molecule has 0 spiro atoms. The maximum absolute atomic E-state index is 14.4. The Morgan fingerprint density at radius 1 is 0.985 bits per heavy atom. The number of methoxy groups -OCH3 is 1. The number of nitrogen functional groups attached to an aromatic ring is 1. The van der Waals surface area contributed by atoms with Gasteiger partial charge in [0.05, 0.1) is 53.4 Å². The summed E-state index contributed by atoms with van der Waals surface area (Å²) in [7, 11) is 5.29. The highest BCUT2D eigenvalue weighted by atomic mass is 16.8. The lowest BCUT2D eigenvalue weighted by molar-refractivity contribution is -0.337. The van der Waals surface area contributed by atoms with E-state index in [1.54, 1.807) is 40.7 Å². The average Bonchev–Trinajstić information content (AvgIpc) is 3.71. The lowest BCUT2D eigenvalue weighted by Crippen LogP contribution is -2.60. The van der Waals surface area contributed by atoms with Gasteiger partial charge >= 0.3 is 18.1 Å². The molecule has 6 rings (SSSR count). The highest BCUT2D eigenvalue weighted by molar-refractivity contribution is 5.73. The van der Waals surface area contributed by atoms with E-state index in [4.69, 9.17) is 53.5 Å². The molecular formula is C49H80N2O16. The molecule has 5 aliphatic rings. The summed E-state index contributed by atoms with van der Waals surface area (Å²) < 4.78 is 56.5. The Morgan fingerprint density at radius 2 is 1.66 bits per heavy atom. The summed E-state index contributed by atoms with van der Waals surface area (Å²) >= 11 is 0. The molecule has 5 saturated heterocycles.